The lowest BCUT2D eigenvalue weighted by Gasteiger charge is -2.31. The summed E-state index contributed by atoms with van der Waals surface area (Å²) in [5.41, 5.74) is 0.426. The summed E-state index contributed by atoms with van der Waals surface area (Å²) in [5.74, 6) is -2.68. The van der Waals surface area contributed by atoms with E-state index in [2.05, 4.69) is 10.4 Å². The molecule has 2 aliphatic rings. The van der Waals surface area contributed by atoms with E-state index in [1.165, 1.54) is 6.42 Å². The van der Waals surface area contributed by atoms with Crippen molar-refractivity contribution in [3.8, 4) is 0 Å². The number of carbonyl (C=O) groups is 2. The van der Waals surface area contributed by atoms with E-state index in [4.69, 9.17) is 0 Å². The van der Waals surface area contributed by atoms with Crippen LogP contribution in [0.3, 0.4) is 0 Å². The molecule has 1 aromatic heterocycles. The molecule has 1 unspecified atom stereocenters. The molecule has 1 aromatic rings. The summed E-state index contributed by atoms with van der Waals surface area (Å²) in [6.45, 7) is 0.706. The number of aromatic nitrogens is 2. The van der Waals surface area contributed by atoms with E-state index in [0.29, 0.717) is 24.4 Å². The number of nitrogens with zero attached hydrogens (tertiary/aromatic N) is 2. The van der Waals surface area contributed by atoms with Crippen LogP contribution < -0.4 is 5.32 Å². The van der Waals surface area contributed by atoms with Gasteiger partial charge in [0.05, 0.1) is 6.04 Å². The van der Waals surface area contributed by atoms with E-state index in [1.54, 1.807) is 16.9 Å². The van der Waals surface area contributed by atoms with E-state index in [9.17, 15) is 18.4 Å². The zero-order valence-electron chi connectivity index (χ0n) is 13.6. The molecule has 0 bridgehead atoms. The van der Waals surface area contributed by atoms with Gasteiger partial charge in [0.15, 0.2) is 0 Å². The summed E-state index contributed by atoms with van der Waals surface area (Å²) in [4.78, 5) is 23.8. The van der Waals surface area contributed by atoms with Gasteiger partial charge < -0.3 is 10.1 Å². The fourth-order valence-electron chi connectivity index (χ4n) is 3.50. The minimum absolute atomic E-state index is 0.225. The molecular weight excluding hydrogens is 316 g/mol. The second-order valence-corrected chi connectivity index (χ2v) is 7.02. The molecule has 2 saturated carbocycles. The van der Waals surface area contributed by atoms with Crippen LogP contribution in [0.1, 0.15) is 55.4 Å². The van der Waals surface area contributed by atoms with Gasteiger partial charge in [-0.2, -0.15) is 5.10 Å². The third-order valence-corrected chi connectivity index (χ3v) is 5.32. The van der Waals surface area contributed by atoms with Crippen LogP contribution in [0.4, 0.5) is 8.78 Å². The topological polar surface area (TPSA) is 64.0 Å². The quantitative estimate of drug-likeness (QED) is 0.811. The van der Waals surface area contributed by atoms with Crippen molar-refractivity contribution >= 4 is 12.2 Å². The maximum absolute atomic E-state index is 13.3. The van der Waals surface area contributed by atoms with Crippen molar-refractivity contribution < 1.29 is 18.4 Å². The van der Waals surface area contributed by atoms with Crippen LogP contribution in [0.5, 0.6) is 0 Å². The van der Waals surface area contributed by atoms with E-state index in [-0.39, 0.29) is 37.5 Å². The molecule has 2 fully saturated rings. The Morgan fingerprint density at radius 1 is 1.38 bits per heavy atom. The molecule has 1 amide bonds. The van der Waals surface area contributed by atoms with Crippen LogP contribution in [-0.4, -0.2) is 33.9 Å². The Hall–Kier alpha value is -1.79. The van der Waals surface area contributed by atoms with Crippen molar-refractivity contribution in [2.24, 2.45) is 11.8 Å². The standard InChI is InChI=1S/C17H23F2N3O2/c18-17(19)7-4-13(5-8-17)14(11-23)21-16(24)15-6-9-20-22(15)10-12-2-1-3-12/h6,9,11-14H,1-5,7-8,10H2,(H,21,24). The first-order valence-corrected chi connectivity index (χ1v) is 8.64. The average molecular weight is 339 g/mol. The molecule has 1 N–H and O–H groups in total. The number of carbonyl (C=O) groups excluding carboxylic acids is 2. The minimum atomic E-state index is -2.64. The normalized spacial score (nSPS) is 22.6. The molecule has 0 aromatic carbocycles. The molecule has 0 spiro atoms. The first-order chi connectivity index (χ1) is 11.5. The predicted molar refractivity (Wildman–Crippen MR) is 83.8 cm³/mol. The van der Waals surface area contributed by atoms with Crippen molar-refractivity contribution in [1.82, 2.24) is 15.1 Å². The highest BCUT2D eigenvalue weighted by molar-refractivity contribution is 5.94. The van der Waals surface area contributed by atoms with Crippen molar-refractivity contribution in [1.29, 1.82) is 0 Å². The van der Waals surface area contributed by atoms with Crippen molar-refractivity contribution in [3.05, 3.63) is 18.0 Å². The van der Waals surface area contributed by atoms with Gasteiger partial charge in [0, 0.05) is 25.6 Å². The number of hydrogen-bond donors (Lipinski definition) is 1. The molecule has 0 radical (unpaired) electrons. The molecule has 0 aliphatic heterocycles. The predicted octanol–water partition coefficient (Wildman–Crippen LogP) is 2.81. The summed E-state index contributed by atoms with van der Waals surface area (Å²) in [7, 11) is 0. The summed E-state index contributed by atoms with van der Waals surface area (Å²) in [6, 6.07) is 0.908. The Balaban J connectivity index is 1.60. The first kappa shape index (κ1) is 17.0. The number of halogens is 2. The lowest BCUT2D eigenvalue weighted by molar-refractivity contribution is -0.112. The largest absolute Gasteiger partial charge is 0.341 e. The summed E-state index contributed by atoms with van der Waals surface area (Å²) in [5, 5.41) is 6.90. The molecule has 0 saturated heterocycles. The first-order valence-electron chi connectivity index (χ1n) is 8.64. The third kappa shape index (κ3) is 3.82. The third-order valence-electron chi connectivity index (χ3n) is 5.32. The fraction of sp³-hybridized carbons (Fsp3) is 0.706. The highest BCUT2D eigenvalue weighted by Crippen LogP contribution is 2.37. The second-order valence-electron chi connectivity index (χ2n) is 7.02. The molecule has 5 nitrogen and oxygen atoms in total. The van der Waals surface area contributed by atoms with Crippen LogP contribution in [0, 0.1) is 11.8 Å². The van der Waals surface area contributed by atoms with Gasteiger partial charge >= 0.3 is 0 Å². The van der Waals surface area contributed by atoms with Crippen molar-refractivity contribution in [3.63, 3.8) is 0 Å². The van der Waals surface area contributed by atoms with Gasteiger partial charge in [-0.25, -0.2) is 8.78 Å². The molecule has 24 heavy (non-hydrogen) atoms. The van der Waals surface area contributed by atoms with Gasteiger partial charge in [0.25, 0.3) is 5.91 Å². The van der Waals surface area contributed by atoms with Crippen molar-refractivity contribution in [2.75, 3.05) is 0 Å². The Morgan fingerprint density at radius 2 is 2.08 bits per heavy atom. The Morgan fingerprint density at radius 3 is 2.67 bits per heavy atom. The highest BCUT2D eigenvalue weighted by Gasteiger charge is 2.38. The van der Waals surface area contributed by atoms with Gasteiger partial charge in [-0.3, -0.25) is 9.48 Å². The van der Waals surface area contributed by atoms with E-state index >= 15 is 0 Å². The number of rotatable bonds is 6. The number of aldehydes is 1. The molecule has 1 heterocycles. The fourth-order valence-corrected chi connectivity index (χ4v) is 3.50. The smallest absolute Gasteiger partial charge is 0.270 e. The lowest BCUT2D eigenvalue weighted by atomic mass is 9.82. The lowest BCUT2D eigenvalue weighted by Crippen LogP contribution is -2.44. The Labute approximate surface area is 139 Å². The van der Waals surface area contributed by atoms with Gasteiger partial charge in [0.2, 0.25) is 5.92 Å². The Kier molecular flexibility index (Phi) is 4.96. The number of nitrogens with one attached hydrogen (secondary N) is 1. The summed E-state index contributed by atoms with van der Waals surface area (Å²) in [6.07, 6.45) is 5.80. The van der Waals surface area contributed by atoms with E-state index < -0.39 is 12.0 Å². The zero-order valence-corrected chi connectivity index (χ0v) is 13.6. The number of amides is 1. The van der Waals surface area contributed by atoms with Crippen molar-refractivity contribution in [2.45, 2.75) is 63.5 Å². The van der Waals surface area contributed by atoms with Gasteiger partial charge in [-0.1, -0.05) is 6.42 Å². The van der Waals surface area contributed by atoms with Gasteiger partial charge in [0.1, 0.15) is 12.0 Å². The Bertz CT molecular complexity index is 588. The number of hydrogen-bond acceptors (Lipinski definition) is 3. The highest BCUT2D eigenvalue weighted by atomic mass is 19.3. The molecule has 2 aliphatic carbocycles. The maximum atomic E-state index is 13.3. The van der Waals surface area contributed by atoms with E-state index in [1.807, 2.05) is 0 Å². The average Bonchev–Trinajstić information content (AvgIpc) is 2.97. The SMILES string of the molecule is O=CC(NC(=O)c1ccnn1CC1CCC1)C1CCC(F)(F)CC1. The summed E-state index contributed by atoms with van der Waals surface area (Å²) < 4.78 is 28.2. The van der Waals surface area contributed by atoms with Crippen LogP contribution >= 0.6 is 0 Å². The molecule has 7 heteroatoms. The van der Waals surface area contributed by atoms with Crippen LogP contribution in [-0.2, 0) is 11.3 Å². The second kappa shape index (κ2) is 6.99. The summed E-state index contributed by atoms with van der Waals surface area (Å²) >= 11 is 0. The van der Waals surface area contributed by atoms with Gasteiger partial charge in [-0.15, -0.1) is 0 Å². The molecule has 132 valence electrons. The number of alkyl halides is 2. The molecule has 3 rings (SSSR count). The van der Waals surface area contributed by atoms with Crippen LogP contribution in [0.2, 0.25) is 0 Å². The monoisotopic (exact) mass is 339 g/mol. The van der Waals surface area contributed by atoms with E-state index in [0.717, 1.165) is 12.8 Å². The minimum Gasteiger partial charge on any atom is -0.341 e. The van der Waals surface area contributed by atoms with Crippen LogP contribution in [0.25, 0.3) is 0 Å². The zero-order chi connectivity index (χ0) is 17.2. The van der Waals surface area contributed by atoms with Crippen LogP contribution in [0.15, 0.2) is 12.3 Å². The maximum Gasteiger partial charge on any atom is 0.270 e. The molecular formula is C17H23F2N3O2. The molecule has 1 atom stereocenters. The van der Waals surface area contributed by atoms with Gasteiger partial charge in [-0.05, 0) is 43.6 Å².